The van der Waals surface area contributed by atoms with Gasteiger partial charge in [0.2, 0.25) is 5.91 Å². The van der Waals surface area contributed by atoms with Crippen LogP contribution in [0.4, 0.5) is 0 Å². The van der Waals surface area contributed by atoms with Gasteiger partial charge in [0.25, 0.3) is 5.88 Å². The van der Waals surface area contributed by atoms with Crippen LogP contribution in [-0.2, 0) is 28.0 Å². The molecule has 8 heteroatoms. The molecule has 1 amide bonds. The fourth-order valence-corrected chi connectivity index (χ4v) is 4.09. The van der Waals surface area contributed by atoms with Gasteiger partial charge < -0.3 is 18.9 Å². The minimum Gasteiger partial charge on any atom is -0.473 e. The van der Waals surface area contributed by atoms with Gasteiger partial charge in [0, 0.05) is 38.2 Å². The number of aromatic nitrogens is 3. The van der Waals surface area contributed by atoms with Crippen LogP contribution in [-0.4, -0.2) is 51.7 Å². The largest absolute Gasteiger partial charge is 0.473 e. The van der Waals surface area contributed by atoms with Crippen molar-refractivity contribution in [3.05, 3.63) is 35.1 Å². The Morgan fingerprint density at radius 1 is 1.34 bits per heavy atom. The summed E-state index contributed by atoms with van der Waals surface area (Å²) in [5, 5.41) is 3.88. The van der Waals surface area contributed by atoms with E-state index in [9.17, 15) is 4.79 Å². The van der Waals surface area contributed by atoms with Crippen LogP contribution in [0.25, 0.3) is 0 Å². The average Bonchev–Trinajstić information content (AvgIpc) is 3.14. The van der Waals surface area contributed by atoms with Gasteiger partial charge in [-0.1, -0.05) is 0 Å². The van der Waals surface area contributed by atoms with E-state index in [1.807, 2.05) is 31.9 Å². The van der Waals surface area contributed by atoms with E-state index < -0.39 is 0 Å². The lowest BCUT2D eigenvalue weighted by atomic mass is 9.83. The Labute approximate surface area is 170 Å². The van der Waals surface area contributed by atoms with Crippen LogP contribution in [0.2, 0.25) is 0 Å². The van der Waals surface area contributed by atoms with Crippen molar-refractivity contribution in [2.24, 2.45) is 0 Å². The van der Waals surface area contributed by atoms with E-state index in [-0.39, 0.29) is 17.6 Å². The van der Waals surface area contributed by atoms with Crippen LogP contribution in [0.15, 0.2) is 16.8 Å². The molecule has 2 aromatic rings. The molecule has 0 saturated carbocycles. The van der Waals surface area contributed by atoms with Crippen molar-refractivity contribution in [3.63, 3.8) is 0 Å². The third-order valence-corrected chi connectivity index (χ3v) is 5.57. The molecule has 2 aliphatic heterocycles. The molecule has 29 heavy (non-hydrogen) atoms. The van der Waals surface area contributed by atoms with E-state index in [1.54, 1.807) is 6.07 Å². The topological polar surface area (TPSA) is 90.6 Å². The molecule has 0 aliphatic carbocycles. The number of ether oxygens (including phenoxy) is 2. The number of carbonyl (C=O) groups excluding carboxylic acids is 1. The average molecular weight is 400 g/mol. The summed E-state index contributed by atoms with van der Waals surface area (Å²) in [6, 6.07) is 1.76. The third-order valence-electron chi connectivity index (χ3n) is 5.57. The molecule has 4 heterocycles. The molecule has 2 aliphatic rings. The van der Waals surface area contributed by atoms with Crippen LogP contribution < -0.4 is 4.74 Å². The molecular formula is C21H28N4O4. The molecule has 1 spiro atoms. The first-order valence-electron chi connectivity index (χ1n) is 10.3. The first-order valence-corrected chi connectivity index (χ1v) is 10.3. The molecule has 1 fully saturated rings. The second-order valence-electron chi connectivity index (χ2n) is 8.06. The number of likely N-dealkylation sites (tertiary alicyclic amines) is 1. The Morgan fingerprint density at radius 3 is 2.90 bits per heavy atom. The summed E-state index contributed by atoms with van der Waals surface area (Å²) in [7, 11) is 0. The second kappa shape index (κ2) is 8.10. The van der Waals surface area contributed by atoms with Gasteiger partial charge in [-0.25, -0.2) is 9.97 Å². The monoisotopic (exact) mass is 400 g/mol. The van der Waals surface area contributed by atoms with Crippen molar-refractivity contribution in [2.45, 2.75) is 64.6 Å². The number of aryl methyl sites for hydroxylation is 2. The number of hydrogen-bond acceptors (Lipinski definition) is 7. The summed E-state index contributed by atoms with van der Waals surface area (Å²) in [4.78, 5) is 23.6. The number of rotatable bonds is 5. The lowest BCUT2D eigenvalue weighted by Crippen LogP contribution is -2.49. The Kier molecular flexibility index (Phi) is 5.54. The maximum absolute atomic E-state index is 12.7. The highest BCUT2D eigenvalue weighted by Gasteiger charge is 2.43. The SMILES string of the molecule is Cc1ncc2c(n1)C1(CCN(C(=O)CCc3cc(OC(C)C)no3)CC1)OCC2. The Bertz CT molecular complexity index is 871. The van der Waals surface area contributed by atoms with E-state index in [2.05, 4.69) is 15.1 Å². The second-order valence-corrected chi connectivity index (χ2v) is 8.06. The summed E-state index contributed by atoms with van der Waals surface area (Å²) in [5.74, 6) is 2.02. The first-order chi connectivity index (χ1) is 13.9. The molecule has 0 aromatic carbocycles. The Hall–Kier alpha value is -2.48. The number of amides is 1. The molecular weight excluding hydrogens is 372 g/mol. The van der Waals surface area contributed by atoms with Gasteiger partial charge >= 0.3 is 0 Å². The molecule has 0 N–H and O–H groups in total. The van der Waals surface area contributed by atoms with E-state index in [0.29, 0.717) is 44.2 Å². The number of piperidine rings is 1. The minimum atomic E-state index is -0.383. The van der Waals surface area contributed by atoms with E-state index in [0.717, 1.165) is 30.8 Å². The summed E-state index contributed by atoms with van der Waals surface area (Å²) in [6.07, 6.45) is 5.24. The normalized spacial score (nSPS) is 18.1. The Morgan fingerprint density at radius 2 is 2.14 bits per heavy atom. The van der Waals surface area contributed by atoms with Crippen LogP contribution >= 0.6 is 0 Å². The van der Waals surface area contributed by atoms with Crippen molar-refractivity contribution < 1.29 is 18.8 Å². The van der Waals surface area contributed by atoms with Gasteiger partial charge in [-0.15, -0.1) is 0 Å². The summed E-state index contributed by atoms with van der Waals surface area (Å²) >= 11 is 0. The van der Waals surface area contributed by atoms with Crippen molar-refractivity contribution in [3.8, 4) is 5.88 Å². The molecule has 0 radical (unpaired) electrons. The fraction of sp³-hybridized carbons (Fsp3) is 0.619. The molecule has 4 rings (SSSR count). The fourth-order valence-electron chi connectivity index (χ4n) is 4.09. The van der Waals surface area contributed by atoms with Crippen LogP contribution in [0.1, 0.15) is 56.0 Å². The van der Waals surface area contributed by atoms with Crippen LogP contribution in [0, 0.1) is 6.92 Å². The van der Waals surface area contributed by atoms with Gasteiger partial charge in [-0.2, -0.15) is 0 Å². The first kappa shape index (κ1) is 19.8. The zero-order chi connectivity index (χ0) is 20.4. The van der Waals surface area contributed by atoms with Gasteiger partial charge in [-0.3, -0.25) is 4.79 Å². The maximum Gasteiger partial charge on any atom is 0.254 e. The number of fused-ring (bicyclic) bond motifs is 2. The minimum absolute atomic E-state index is 0.0384. The predicted octanol–water partition coefficient (Wildman–Crippen LogP) is 2.58. The molecule has 0 unspecified atom stereocenters. The van der Waals surface area contributed by atoms with Crippen molar-refractivity contribution in [1.82, 2.24) is 20.0 Å². The zero-order valence-corrected chi connectivity index (χ0v) is 17.3. The van der Waals surface area contributed by atoms with Crippen LogP contribution in [0.5, 0.6) is 5.88 Å². The highest BCUT2D eigenvalue weighted by atomic mass is 16.5. The summed E-state index contributed by atoms with van der Waals surface area (Å²) in [5.41, 5.74) is 1.81. The lowest BCUT2D eigenvalue weighted by molar-refractivity contribution is -0.141. The number of nitrogens with zero attached hydrogens (tertiary/aromatic N) is 4. The predicted molar refractivity (Wildman–Crippen MR) is 105 cm³/mol. The van der Waals surface area contributed by atoms with Gasteiger partial charge in [0.15, 0.2) is 0 Å². The number of hydrogen-bond donors (Lipinski definition) is 0. The molecule has 8 nitrogen and oxygen atoms in total. The standard InChI is InChI=1S/C21H28N4O4/c1-14(2)28-18-12-17(29-24-18)4-5-19(26)25-9-7-21(8-10-25)20-16(6-11-27-21)13-22-15(3)23-20/h12-14H,4-11H2,1-3H3. The Balaban J connectivity index is 1.34. The highest BCUT2D eigenvalue weighted by Crippen LogP contribution is 2.40. The molecule has 0 atom stereocenters. The van der Waals surface area contributed by atoms with E-state index >= 15 is 0 Å². The number of carbonyl (C=O) groups is 1. The maximum atomic E-state index is 12.7. The highest BCUT2D eigenvalue weighted by molar-refractivity contribution is 5.76. The summed E-state index contributed by atoms with van der Waals surface area (Å²) < 4.78 is 17.0. The molecule has 1 saturated heterocycles. The van der Waals surface area contributed by atoms with Gasteiger partial charge in [0.1, 0.15) is 17.2 Å². The molecule has 0 bridgehead atoms. The van der Waals surface area contributed by atoms with E-state index in [1.165, 1.54) is 5.56 Å². The van der Waals surface area contributed by atoms with Crippen molar-refractivity contribution >= 4 is 5.91 Å². The van der Waals surface area contributed by atoms with Crippen LogP contribution in [0.3, 0.4) is 0 Å². The quantitative estimate of drug-likeness (QED) is 0.762. The zero-order valence-electron chi connectivity index (χ0n) is 17.3. The third kappa shape index (κ3) is 4.27. The lowest BCUT2D eigenvalue weighted by Gasteiger charge is -2.44. The van der Waals surface area contributed by atoms with Gasteiger partial charge in [0.05, 0.1) is 18.4 Å². The smallest absolute Gasteiger partial charge is 0.254 e. The molecule has 156 valence electrons. The van der Waals surface area contributed by atoms with Gasteiger partial charge in [-0.05, 0) is 50.8 Å². The van der Waals surface area contributed by atoms with E-state index in [4.69, 9.17) is 14.0 Å². The molecule has 2 aromatic heterocycles. The van der Waals surface area contributed by atoms with Crippen molar-refractivity contribution in [2.75, 3.05) is 19.7 Å². The summed E-state index contributed by atoms with van der Waals surface area (Å²) in [6.45, 7) is 7.78. The van der Waals surface area contributed by atoms with Crippen molar-refractivity contribution in [1.29, 1.82) is 0 Å².